The topological polar surface area (TPSA) is 0 Å². The molecule has 0 heterocycles. The molecular formula is C14H24. The lowest BCUT2D eigenvalue weighted by Crippen LogP contribution is -2.21. The van der Waals surface area contributed by atoms with Gasteiger partial charge >= 0.3 is 0 Å². The van der Waals surface area contributed by atoms with E-state index in [1.807, 2.05) is 5.57 Å². The van der Waals surface area contributed by atoms with Gasteiger partial charge in [-0.1, -0.05) is 30.4 Å². The minimum absolute atomic E-state index is 0.983. The van der Waals surface area contributed by atoms with Crippen LogP contribution in [0.3, 0.4) is 0 Å². The first-order valence-electron chi connectivity index (χ1n) is 6.45. The highest BCUT2D eigenvalue weighted by atomic mass is 14.3. The summed E-state index contributed by atoms with van der Waals surface area (Å²) in [6.07, 6.45) is 11.9. The minimum Gasteiger partial charge on any atom is -0.0769 e. The van der Waals surface area contributed by atoms with Crippen molar-refractivity contribution in [3.8, 4) is 0 Å². The molecule has 0 aliphatic heterocycles. The van der Waals surface area contributed by atoms with E-state index < -0.39 is 0 Å². The molecule has 2 aliphatic rings. The monoisotopic (exact) mass is 192 g/mol. The normalized spacial score (nSPS) is 33.4. The zero-order valence-electron chi connectivity index (χ0n) is 9.81. The second-order valence-corrected chi connectivity index (χ2v) is 5.42. The fourth-order valence-corrected chi connectivity index (χ4v) is 3.55. The lowest BCUT2D eigenvalue weighted by atomic mass is 9.72. The van der Waals surface area contributed by atoms with Gasteiger partial charge in [0.2, 0.25) is 0 Å². The highest BCUT2D eigenvalue weighted by Crippen LogP contribution is 2.43. The summed E-state index contributed by atoms with van der Waals surface area (Å²) in [4.78, 5) is 0. The van der Waals surface area contributed by atoms with Gasteiger partial charge < -0.3 is 0 Å². The van der Waals surface area contributed by atoms with Gasteiger partial charge in [-0.3, -0.25) is 0 Å². The molecule has 0 heteroatoms. The molecule has 2 atom stereocenters. The Hall–Kier alpha value is -0.260. The van der Waals surface area contributed by atoms with E-state index in [2.05, 4.69) is 13.8 Å². The summed E-state index contributed by atoms with van der Waals surface area (Å²) < 4.78 is 0. The molecule has 2 unspecified atom stereocenters. The first kappa shape index (κ1) is 10.3. The molecule has 0 aromatic carbocycles. The Morgan fingerprint density at radius 3 is 2.43 bits per heavy atom. The zero-order chi connectivity index (χ0) is 9.97. The number of allylic oxidation sites excluding steroid dienone is 2. The van der Waals surface area contributed by atoms with Gasteiger partial charge in [0.1, 0.15) is 0 Å². The van der Waals surface area contributed by atoms with Crippen molar-refractivity contribution in [3.05, 3.63) is 11.1 Å². The van der Waals surface area contributed by atoms with E-state index in [9.17, 15) is 0 Å². The summed E-state index contributed by atoms with van der Waals surface area (Å²) in [7, 11) is 0. The Kier molecular flexibility index (Phi) is 3.30. The van der Waals surface area contributed by atoms with Crippen LogP contribution in [-0.4, -0.2) is 0 Å². The van der Waals surface area contributed by atoms with Crippen molar-refractivity contribution >= 4 is 0 Å². The van der Waals surface area contributed by atoms with Gasteiger partial charge in [0.05, 0.1) is 0 Å². The van der Waals surface area contributed by atoms with Crippen LogP contribution < -0.4 is 0 Å². The quantitative estimate of drug-likeness (QED) is 0.488. The van der Waals surface area contributed by atoms with Crippen LogP contribution in [0.4, 0.5) is 0 Å². The molecule has 0 aromatic heterocycles. The van der Waals surface area contributed by atoms with Crippen molar-refractivity contribution in [1.29, 1.82) is 0 Å². The number of hydrogen-bond acceptors (Lipinski definition) is 0. The van der Waals surface area contributed by atoms with E-state index in [-0.39, 0.29) is 0 Å². The average Bonchev–Trinajstić information content (AvgIpc) is 2.41. The summed E-state index contributed by atoms with van der Waals surface area (Å²) in [5, 5.41) is 0. The molecule has 0 N–H and O–H groups in total. The van der Waals surface area contributed by atoms with Crippen molar-refractivity contribution in [1.82, 2.24) is 0 Å². The average molecular weight is 192 g/mol. The van der Waals surface area contributed by atoms with Crippen LogP contribution in [0.1, 0.15) is 65.2 Å². The molecule has 2 saturated carbocycles. The fraction of sp³-hybridized carbons (Fsp3) is 0.857. The molecule has 0 spiro atoms. The molecule has 0 bridgehead atoms. The Labute approximate surface area is 88.8 Å². The molecule has 0 radical (unpaired) electrons. The maximum atomic E-state index is 2.32. The molecular weight excluding hydrogens is 168 g/mol. The lowest BCUT2D eigenvalue weighted by molar-refractivity contribution is 0.285. The second-order valence-electron chi connectivity index (χ2n) is 5.42. The van der Waals surface area contributed by atoms with Crippen LogP contribution in [0.5, 0.6) is 0 Å². The van der Waals surface area contributed by atoms with Crippen molar-refractivity contribution in [2.24, 2.45) is 11.8 Å². The van der Waals surface area contributed by atoms with Gasteiger partial charge in [0.15, 0.2) is 0 Å². The zero-order valence-corrected chi connectivity index (χ0v) is 9.81. The maximum Gasteiger partial charge on any atom is -0.0172 e. The summed E-state index contributed by atoms with van der Waals surface area (Å²) in [6.45, 7) is 4.64. The molecule has 2 aliphatic carbocycles. The third-order valence-electron chi connectivity index (χ3n) is 4.27. The largest absolute Gasteiger partial charge is 0.0769 e. The van der Waals surface area contributed by atoms with E-state index in [0.717, 1.165) is 11.8 Å². The Balaban J connectivity index is 2.17. The third-order valence-corrected chi connectivity index (χ3v) is 4.27. The van der Waals surface area contributed by atoms with Crippen molar-refractivity contribution in [3.63, 3.8) is 0 Å². The van der Waals surface area contributed by atoms with E-state index in [1.165, 1.54) is 51.4 Å². The predicted molar refractivity (Wildman–Crippen MR) is 62.3 cm³/mol. The highest BCUT2D eigenvalue weighted by molar-refractivity contribution is 5.17. The minimum atomic E-state index is 0.983. The van der Waals surface area contributed by atoms with E-state index >= 15 is 0 Å². The first-order valence-corrected chi connectivity index (χ1v) is 6.45. The van der Waals surface area contributed by atoms with Gasteiger partial charge in [-0.2, -0.15) is 0 Å². The van der Waals surface area contributed by atoms with Crippen molar-refractivity contribution in [2.75, 3.05) is 0 Å². The predicted octanol–water partition coefficient (Wildman–Crippen LogP) is 4.70. The van der Waals surface area contributed by atoms with Crippen LogP contribution in [0.25, 0.3) is 0 Å². The molecule has 0 nitrogen and oxygen atoms in total. The van der Waals surface area contributed by atoms with E-state index in [4.69, 9.17) is 0 Å². The van der Waals surface area contributed by atoms with Crippen molar-refractivity contribution < 1.29 is 0 Å². The SMILES string of the molecule is CC(C)=C1CCCC2CCCCCC12. The van der Waals surface area contributed by atoms with Gasteiger partial charge in [0, 0.05) is 0 Å². The molecule has 0 saturated heterocycles. The number of rotatable bonds is 0. The van der Waals surface area contributed by atoms with Crippen LogP contribution in [0.15, 0.2) is 11.1 Å². The summed E-state index contributed by atoms with van der Waals surface area (Å²) in [5.74, 6) is 2.03. The number of hydrogen-bond donors (Lipinski definition) is 0. The Bertz CT molecular complexity index is 220. The van der Waals surface area contributed by atoms with E-state index in [0.29, 0.717) is 0 Å². The molecule has 14 heavy (non-hydrogen) atoms. The van der Waals surface area contributed by atoms with Gasteiger partial charge in [-0.05, 0) is 57.8 Å². The van der Waals surface area contributed by atoms with Crippen LogP contribution >= 0.6 is 0 Å². The molecule has 2 fully saturated rings. The smallest absolute Gasteiger partial charge is 0.0172 e. The highest BCUT2D eigenvalue weighted by Gasteiger charge is 2.29. The number of fused-ring (bicyclic) bond motifs is 1. The fourth-order valence-electron chi connectivity index (χ4n) is 3.55. The first-order chi connectivity index (χ1) is 6.79. The van der Waals surface area contributed by atoms with Crippen LogP contribution in [-0.2, 0) is 0 Å². The lowest BCUT2D eigenvalue weighted by Gasteiger charge is -2.33. The Morgan fingerprint density at radius 2 is 1.64 bits per heavy atom. The third kappa shape index (κ3) is 2.04. The second kappa shape index (κ2) is 4.51. The van der Waals surface area contributed by atoms with Gasteiger partial charge in [-0.15, -0.1) is 0 Å². The Morgan fingerprint density at radius 1 is 0.929 bits per heavy atom. The van der Waals surface area contributed by atoms with Crippen LogP contribution in [0, 0.1) is 11.8 Å². The van der Waals surface area contributed by atoms with E-state index in [1.54, 1.807) is 5.57 Å². The summed E-state index contributed by atoms with van der Waals surface area (Å²) in [6, 6.07) is 0. The summed E-state index contributed by atoms with van der Waals surface area (Å²) in [5.41, 5.74) is 3.46. The van der Waals surface area contributed by atoms with Gasteiger partial charge in [0.25, 0.3) is 0 Å². The summed E-state index contributed by atoms with van der Waals surface area (Å²) >= 11 is 0. The van der Waals surface area contributed by atoms with Crippen molar-refractivity contribution in [2.45, 2.75) is 65.2 Å². The molecule has 80 valence electrons. The molecule has 0 amide bonds. The maximum absolute atomic E-state index is 2.32. The molecule has 2 rings (SSSR count). The standard InChI is InChI=1S/C14H24/c1-11(2)13-10-6-8-12-7-4-3-5-9-14(12)13/h12,14H,3-10H2,1-2H3. The van der Waals surface area contributed by atoms with Crippen LogP contribution in [0.2, 0.25) is 0 Å². The molecule has 0 aromatic rings. The van der Waals surface area contributed by atoms with Gasteiger partial charge in [-0.25, -0.2) is 0 Å².